The van der Waals surface area contributed by atoms with Gasteiger partial charge < -0.3 is 14.6 Å². The fourth-order valence-corrected chi connectivity index (χ4v) is 7.24. The number of aromatic nitrogens is 1. The van der Waals surface area contributed by atoms with Crippen LogP contribution >= 0.6 is 11.6 Å². The second-order valence-electron chi connectivity index (χ2n) is 9.22. The van der Waals surface area contributed by atoms with Crippen molar-refractivity contribution in [3.63, 3.8) is 0 Å². The number of fused-ring (bicyclic) bond motifs is 1. The van der Waals surface area contributed by atoms with Gasteiger partial charge in [-0.3, -0.25) is 9.52 Å². The Morgan fingerprint density at radius 3 is 2.78 bits per heavy atom. The largest absolute Gasteiger partial charge is 0.496 e. The molecule has 0 radical (unpaired) electrons. The van der Waals surface area contributed by atoms with Gasteiger partial charge in [0.15, 0.2) is 5.82 Å². The topological polar surface area (TPSA) is 111 Å². The Morgan fingerprint density at radius 2 is 2.06 bits per heavy atom. The molecule has 1 saturated carbocycles. The standard InChI is InChI=1S/C25H25ClFN3O5S/c1-34-22-13-19(14-3-2-4-16(27)9-14)21(26)12-20(22)25-18-6-5-17(10-15(18)11-24(31)28-25)36(32,33)30-23-7-8-35-29-23/h2-4,7-9,12-13,15,17-18,25H,5-6,10-11H2,1H3,(H,28,31)(H,29,30). The van der Waals surface area contributed by atoms with Gasteiger partial charge in [-0.15, -0.1) is 0 Å². The Kier molecular flexibility index (Phi) is 6.65. The van der Waals surface area contributed by atoms with Crippen molar-refractivity contribution in [2.45, 2.75) is 37.0 Å². The Hall–Kier alpha value is -3.11. The summed E-state index contributed by atoms with van der Waals surface area (Å²) < 4.78 is 52.6. The van der Waals surface area contributed by atoms with Gasteiger partial charge in [-0.2, -0.15) is 0 Å². The molecule has 2 N–H and O–H groups in total. The SMILES string of the molecule is COc1cc(-c2cccc(F)c2)c(Cl)cc1C1NC(=O)CC2CC(S(=O)(=O)Nc3ccon3)CCC21. The number of methoxy groups -OCH3 is 1. The van der Waals surface area contributed by atoms with E-state index in [9.17, 15) is 17.6 Å². The van der Waals surface area contributed by atoms with E-state index in [0.717, 1.165) is 0 Å². The number of nitrogens with zero attached hydrogens (tertiary/aromatic N) is 1. The van der Waals surface area contributed by atoms with Crippen LogP contribution in [0, 0.1) is 17.7 Å². The monoisotopic (exact) mass is 533 g/mol. The maximum absolute atomic E-state index is 13.8. The number of hydrogen-bond donors (Lipinski definition) is 2. The summed E-state index contributed by atoms with van der Waals surface area (Å²) in [6.07, 6.45) is 2.90. The van der Waals surface area contributed by atoms with E-state index in [-0.39, 0.29) is 35.8 Å². The molecule has 1 amide bonds. The minimum atomic E-state index is -3.70. The highest BCUT2D eigenvalue weighted by atomic mass is 35.5. The number of carbonyl (C=O) groups is 1. The molecule has 1 saturated heterocycles. The van der Waals surface area contributed by atoms with Crippen LogP contribution in [0.3, 0.4) is 0 Å². The molecule has 36 heavy (non-hydrogen) atoms. The van der Waals surface area contributed by atoms with E-state index in [1.165, 1.54) is 31.6 Å². The third kappa shape index (κ3) is 4.79. The normalized spacial score (nSPS) is 24.0. The highest BCUT2D eigenvalue weighted by Crippen LogP contribution is 2.48. The van der Waals surface area contributed by atoms with Crippen molar-refractivity contribution in [1.82, 2.24) is 10.5 Å². The molecule has 11 heteroatoms. The molecule has 1 aromatic heterocycles. The highest BCUT2D eigenvalue weighted by Gasteiger charge is 2.45. The number of carbonyl (C=O) groups excluding carboxylic acids is 1. The second-order valence-corrected chi connectivity index (χ2v) is 11.6. The van der Waals surface area contributed by atoms with Crippen LogP contribution in [-0.2, 0) is 14.8 Å². The lowest BCUT2D eigenvalue weighted by atomic mass is 9.69. The van der Waals surface area contributed by atoms with Gasteiger partial charge in [0, 0.05) is 28.6 Å². The number of sulfonamides is 1. The number of anilines is 1. The van der Waals surface area contributed by atoms with Gasteiger partial charge in [0.2, 0.25) is 15.9 Å². The Morgan fingerprint density at radius 1 is 1.22 bits per heavy atom. The fraction of sp³-hybridized carbons (Fsp3) is 0.360. The van der Waals surface area contributed by atoms with E-state index >= 15 is 0 Å². The summed E-state index contributed by atoms with van der Waals surface area (Å²) in [5, 5.41) is 6.45. The molecule has 2 heterocycles. The first-order valence-corrected chi connectivity index (χ1v) is 13.5. The maximum atomic E-state index is 13.8. The van der Waals surface area contributed by atoms with Crippen LogP contribution < -0.4 is 14.8 Å². The first-order valence-electron chi connectivity index (χ1n) is 11.6. The molecular weight excluding hydrogens is 509 g/mol. The number of hydrogen-bond acceptors (Lipinski definition) is 6. The molecule has 2 aliphatic rings. The van der Waals surface area contributed by atoms with Crippen molar-refractivity contribution in [3.05, 3.63) is 65.1 Å². The quantitative estimate of drug-likeness (QED) is 0.465. The zero-order valence-corrected chi connectivity index (χ0v) is 21.0. The minimum absolute atomic E-state index is 0.00573. The average Bonchev–Trinajstić information content (AvgIpc) is 3.35. The van der Waals surface area contributed by atoms with Gasteiger partial charge in [-0.1, -0.05) is 28.9 Å². The summed E-state index contributed by atoms with van der Waals surface area (Å²) in [7, 11) is -2.17. The van der Waals surface area contributed by atoms with Crippen molar-refractivity contribution in [2.24, 2.45) is 11.8 Å². The fourth-order valence-electron chi connectivity index (χ4n) is 5.45. The van der Waals surface area contributed by atoms with Crippen molar-refractivity contribution in [3.8, 4) is 16.9 Å². The van der Waals surface area contributed by atoms with E-state index in [2.05, 4.69) is 15.2 Å². The molecule has 0 bridgehead atoms. The average molecular weight is 534 g/mol. The van der Waals surface area contributed by atoms with E-state index in [0.29, 0.717) is 46.7 Å². The lowest BCUT2D eigenvalue weighted by molar-refractivity contribution is -0.127. The van der Waals surface area contributed by atoms with E-state index in [1.54, 1.807) is 24.3 Å². The van der Waals surface area contributed by atoms with Gasteiger partial charge in [0.1, 0.15) is 17.8 Å². The number of ether oxygens (including phenoxy) is 1. The molecule has 1 aliphatic heterocycles. The molecule has 3 aromatic rings. The van der Waals surface area contributed by atoms with Gasteiger partial charge in [-0.05, 0) is 60.9 Å². The van der Waals surface area contributed by atoms with Crippen LogP contribution in [0.5, 0.6) is 5.75 Å². The van der Waals surface area contributed by atoms with Crippen LogP contribution in [0.25, 0.3) is 11.1 Å². The second kappa shape index (κ2) is 9.74. The van der Waals surface area contributed by atoms with Crippen LogP contribution in [-0.4, -0.2) is 31.8 Å². The molecule has 190 valence electrons. The van der Waals surface area contributed by atoms with E-state index < -0.39 is 21.3 Å². The van der Waals surface area contributed by atoms with Gasteiger partial charge in [-0.25, -0.2) is 12.8 Å². The van der Waals surface area contributed by atoms with Gasteiger partial charge in [0.25, 0.3) is 0 Å². The van der Waals surface area contributed by atoms with Crippen LogP contribution in [0.4, 0.5) is 10.2 Å². The molecule has 4 atom stereocenters. The lowest BCUT2D eigenvalue weighted by Crippen LogP contribution is -2.48. The smallest absolute Gasteiger partial charge is 0.236 e. The zero-order valence-electron chi connectivity index (χ0n) is 19.4. The van der Waals surface area contributed by atoms with E-state index in [1.807, 2.05) is 0 Å². The third-order valence-corrected chi connectivity index (χ3v) is 9.21. The number of nitrogens with one attached hydrogen (secondary N) is 2. The summed E-state index contributed by atoms with van der Waals surface area (Å²) in [5.41, 5.74) is 1.94. The molecule has 0 spiro atoms. The van der Waals surface area contributed by atoms with E-state index in [4.69, 9.17) is 20.9 Å². The first kappa shape index (κ1) is 24.6. The van der Waals surface area contributed by atoms with Crippen LogP contribution in [0.15, 0.2) is 53.3 Å². The number of halogens is 2. The molecule has 5 rings (SSSR count). The number of piperidine rings is 1. The summed E-state index contributed by atoms with van der Waals surface area (Å²) in [4.78, 5) is 12.7. The summed E-state index contributed by atoms with van der Waals surface area (Å²) >= 11 is 6.63. The van der Waals surface area contributed by atoms with Gasteiger partial charge in [0.05, 0.1) is 18.4 Å². The zero-order chi connectivity index (χ0) is 25.4. The minimum Gasteiger partial charge on any atom is -0.496 e. The van der Waals surface area contributed by atoms with Crippen LogP contribution in [0.2, 0.25) is 5.02 Å². The van der Waals surface area contributed by atoms with Crippen LogP contribution in [0.1, 0.15) is 37.3 Å². The highest BCUT2D eigenvalue weighted by molar-refractivity contribution is 7.93. The van der Waals surface area contributed by atoms with Crippen molar-refractivity contribution in [2.75, 3.05) is 11.8 Å². The Balaban J connectivity index is 1.43. The third-order valence-electron chi connectivity index (χ3n) is 7.10. The summed E-state index contributed by atoms with van der Waals surface area (Å²) in [6, 6.07) is 10.7. The lowest BCUT2D eigenvalue weighted by Gasteiger charge is -2.44. The first-order chi connectivity index (χ1) is 17.2. The predicted octanol–water partition coefficient (Wildman–Crippen LogP) is 4.93. The van der Waals surface area contributed by atoms with Crippen molar-refractivity contribution >= 4 is 33.3 Å². The van der Waals surface area contributed by atoms with Crippen molar-refractivity contribution < 1.29 is 26.9 Å². The maximum Gasteiger partial charge on any atom is 0.236 e. The van der Waals surface area contributed by atoms with Crippen molar-refractivity contribution in [1.29, 1.82) is 0 Å². The Bertz CT molecular complexity index is 1380. The number of amides is 1. The summed E-state index contributed by atoms with van der Waals surface area (Å²) in [5.74, 6) is -0.00922. The summed E-state index contributed by atoms with van der Waals surface area (Å²) in [6.45, 7) is 0. The molecular formula is C25H25ClFN3O5S. The molecule has 4 unspecified atom stereocenters. The predicted molar refractivity (Wildman–Crippen MR) is 133 cm³/mol. The molecule has 8 nitrogen and oxygen atoms in total. The number of rotatable bonds is 6. The van der Waals surface area contributed by atoms with Gasteiger partial charge >= 0.3 is 0 Å². The molecule has 2 aromatic carbocycles. The number of benzene rings is 2. The molecule has 2 fully saturated rings. The molecule has 1 aliphatic carbocycles. The Labute approximate surface area is 213 Å².